The molecule has 9 heteroatoms. The molecule has 1 aliphatic heterocycles. The van der Waals surface area contributed by atoms with Crippen LogP contribution in [0.1, 0.15) is 18.0 Å². The van der Waals surface area contributed by atoms with Gasteiger partial charge in [-0.15, -0.1) is 0 Å². The number of anilines is 1. The van der Waals surface area contributed by atoms with E-state index in [0.29, 0.717) is 40.1 Å². The van der Waals surface area contributed by atoms with Crippen LogP contribution in [0.4, 0.5) is 5.69 Å². The number of hydrazine groups is 1. The Morgan fingerprint density at radius 3 is 2.34 bits per heavy atom. The van der Waals surface area contributed by atoms with Crippen LogP contribution in [0.5, 0.6) is 23.0 Å². The molecule has 1 aliphatic rings. The minimum Gasteiger partial charge on any atom is -0.497 e. The summed E-state index contributed by atoms with van der Waals surface area (Å²) in [6.45, 7) is 0. The molecule has 2 atom stereocenters. The highest BCUT2D eigenvalue weighted by atomic mass is 35.5. The zero-order valence-corrected chi connectivity index (χ0v) is 17.4. The lowest BCUT2D eigenvalue weighted by Gasteiger charge is -2.16. The molecule has 0 spiro atoms. The zero-order valence-electron chi connectivity index (χ0n) is 16.7. The molecule has 0 bridgehead atoms. The number of nitrogens with one attached hydrogen (secondary N) is 3. The van der Waals surface area contributed by atoms with E-state index in [1.807, 2.05) is 18.2 Å². The van der Waals surface area contributed by atoms with Gasteiger partial charge >= 0.3 is 0 Å². The first kappa shape index (κ1) is 21.0. The first-order chi connectivity index (χ1) is 14.0. The third-order valence-corrected chi connectivity index (χ3v) is 5.06. The average Bonchev–Trinajstić information content (AvgIpc) is 3.24. The summed E-state index contributed by atoms with van der Waals surface area (Å²) in [6, 6.07) is 8.26. The van der Waals surface area contributed by atoms with Gasteiger partial charge in [-0.25, -0.2) is 10.9 Å². The van der Waals surface area contributed by atoms with Gasteiger partial charge < -0.3 is 24.3 Å². The number of amides is 1. The molecule has 1 heterocycles. The molecule has 3 rings (SSSR count). The van der Waals surface area contributed by atoms with Crippen molar-refractivity contribution in [1.82, 2.24) is 10.9 Å². The van der Waals surface area contributed by atoms with Crippen molar-refractivity contribution in [2.45, 2.75) is 18.5 Å². The monoisotopic (exact) mass is 421 g/mol. The molecule has 3 N–H and O–H groups in total. The van der Waals surface area contributed by atoms with Crippen LogP contribution in [0, 0.1) is 0 Å². The number of carbonyl (C=O) groups excluding carboxylic acids is 1. The van der Waals surface area contributed by atoms with Crippen LogP contribution in [-0.4, -0.2) is 40.4 Å². The molecule has 2 aromatic rings. The maximum absolute atomic E-state index is 12.8. The summed E-state index contributed by atoms with van der Waals surface area (Å²) in [5.74, 6) is 2.07. The lowest BCUT2D eigenvalue weighted by atomic mass is 10.0. The summed E-state index contributed by atoms with van der Waals surface area (Å²) in [7, 11) is 6.22. The highest BCUT2D eigenvalue weighted by molar-refractivity contribution is 6.32. The second-order valence-corrected chi connectivity index (χ2v) is 6.82. The van der Waals surface area contributed by atoms with E-state index in [4.69, 9.17) is 30.5 Å². The first-order valence-corrected chi connectivity index (χ1v) is 9.33. The van der Waals surface area contributed by atoms with Crippen LogP contribution in [0.25, 0.3) is 0 Å². The molecule has 29 heavy (non-hydrogen) atoms. The summed E-state index contributed by atoms with van der Waals surface area (Å²) in [5.41, 5.74) is 7.60. The molecular weight excluding hydrogens is 398 g/mol. The van der Waals surface area contributed by atoms with Crippen LogP contribution in [0.3, 0.4) is 0 Å². The molecule has 0 radical (unpaired) electrons. The third kappa shape index (κ3) is 4.50. The fourth-order valence-electron chi connectivity index (χ4n) is 3.22. The lowest BCUT2D eigenvalue weighted by molar-refractivity contribution is -0.117. The van der Waals surface area contributed by atoms with Crippen molar-refractivity contribution in [3.05, 3.63) is 40.9 Å². The number of halogens is 1. The summed E-state index contributed by atoms with van der Waals surface area (Å²) >= 11 is 6.12. The molecule has 0 aromatic heterocycles. The SMILES string of the molecule is COc1ccc(C2CC(C(=O)Nc3cc(OC)c(Cl)cc3OC)NN2)c(OC)c1. The Hall–Kier alpha value is -2.68. The Bertz CT molecular complexity index is 893. The Labute approximate surface area is 174 Å². The van der Waals surface area contributed by atoms with Gasteiger partial charge in [-0.3, -0.25) is 4.79 Å². The summed E-state index contributed by atoms with van der Waals surface area (Å²) in [4.78, 5) is 12.8. The molecule has 2 unspecified atom stereocenters. The number of rotatable bonds is 7. The van der Waals surface area contributed by atoms with Crippen molar-refractivity contribution in [2.75, 3.05) is 33.8 Å². The predicted octanol–water partition coefficient (Wildman–Crippen LogP) is 2.92. The number of methoxy groups -OCH3 is 4. The van der Waals surface area contributed by atoms with Crippen LogP contribution < -0.4 is 35.1 Å². The zero-order chi connectivity index (χ0) is 21.0. The highest BCUT2D eigenvalue weighted by Gasteiger charge is 2.32. The molecule has 1 amide bonds. The molecule has 2 aromatic carbocycles. The van der Waals surface area contributed by atoms with Gasteiger partial charge in [0.1, 0.15) is 29.0 Å². The number of hydrogen-bond donors (Lipinski definition) is 3. The van der Waals surface area contributed by atoms with Crippen molar-refractivity contribution >= 4 is 23.2 Å². The highest BCUT2D eigenvalue weighted by Crippen LogP contribution is 2.37. The average molecular weight is 422 g/mol. The van der Waals surface area contributed by atoms with E-state index in [-0.39, 0.29) is 11.9 Å². The van der Waals surface area contributed by atoms with Crippen LogP contribution in [0.15, 0.2) is 30.3 Å². The fourth-order valence-corrected chi connectivity index (χ4v) is 3.45. The number of benzene rings is 2. The molecule has 1 saturated heterocycles. The van der Waals surface area contributed by atoms with Gasteiger partial charge in [-0.05, 0) is 12.5 Å². The van der Waals surface area contributed by atoms with E-state index in [1.165, 1.54) is 14.2 Å². The van der Waals surface area contributed by atoms with E-state index in [1.54, 1.807) is 26.4 Å². The lowest BCUT2D eigenvalue weighted by Crippen LogP contribution is -2.39. The molecule has 0 aliphatic carbocycles. The Kier molecular flexibility index (Phi) is 6.68. The Morgan fingerprint density at radius 2 is 1.69 bits per heavy atom. The van der Waals surface area contributed by atoms with E-state index in [0.717, 1.165) is 5.56 Å². The third-order valence-electron chi connectivity index (χ3n) is 4.77. The number of hydrogen-bond acceptors (Lipinski definition) is 7. The van der Waals surface area contributed by atoms with Crippen LogP contribution >= 0.6 is 11.6 Å². The van der Waals surface area contributed by atoms with Crippen molar-refractivity contribution < 1.29 is 23.7 Å². The maximum Gasteiger partial charge on any atom is 0.243 e. The van der Waals surface area contributed by atoms with Crippen molar-refractivity contribution in [1.29, 1.82) is 0 Å². The van der Waals surface area contributed by atoms with Gasteiger partial charge in [0, 0.05) is 23.8 Å². The summed E-state index contributed by atoms with van der Waals surface area (Å²) < 4.78 is 21.2. The number of ether oxygens (including phenoxy) is 4. The number of carbonyl (C=O) groups is 1. The van der Waals surface area contributed by atoms with Gasteiger partial charge in [0.2, 0.25) is 5.91 Å². The van der Waals surface area contributed by atoms with Crippen molar-refractivity contribution in [3.63, 3.8) is 0 Å². The minimum atomic E-state index is -0.460. The van der Waals surface area contributed by atoms with Gasteiger partial charge in [-0.2, -0.15) is 0 Å². The second kappa shape index (κ2) is 9.21. The topological polar surface area (TPSA) is 90.1 Å². The predicted molar refractivity (Wildman–Crippen MR) is 110 cm³/mol. The van der Waals surface area contributed by atoms with Crippen molar-refractivity contribution in [2.24, 2.45) is 0 Å². The minimum absolute atomic E-state index is 0.103. The summed E-state index contributed by atoms with van der Waals surface area (Å²) in [6.07, 6.45) is 0.529. The van der Waals surface area contributed by atoms with E-state index >= 15 is 0 Å². The van der Waals surface area contributed by atoms with E-state index in [2.05, 4.69) is 16.2 Å². The van der Waals surface area contributed by atoms with Crippen molar-refractivity contribution in [3.8, 4) is 23.0 Å². The van der Waals surface area contributed by atoms with E-state index in [9.17, 15) is 4.79 Å². The van der Waals surface area contributed by atoms with Crippen LogP contribution in [0.2, 0.25) is 5.02 Å². The second-order valence-electron chi connectivity index (χ2n) is 6.41. The molecule has 156 valence electrons. The fraction of sp³-hybridized carbons (Fsp3) is 0.350. The molecule has 8 nitrogen and oxygen atoms in total. The first-order valence-electron chi connectivity index (χ1n) is 8.96. The quantitative estimate of drug-likeness (QED) is 0.633. The van der Waals surface area contributed by atoms with Gasteiger partial charge in [0.05, 0.1) is 45.2 Å². The Morgan fingerprint density at radius 1 is 0.966 bits per heavy atom. The Balaban J connectivity index is 1.73. The van der Waals surface area contributed by atoms with Gasteiger partial charge in [-0.1, -0.05) is 17.7 Å². The molecule has 0 saturated carbocycles. The summed E-state index contributed by atoms with van der Waals surface area (Å²) in [5, 5.41) is 3.27. The van der Waals surface area contributed by atoms with Gasteiger partial charge in [0.15, 0.2) is 0 Å². The van der Waals surface area contributed by atoms with Gasteiger partial charge in [0.25, 0.3) is 0 Å². The standard InChI is InChI=1S/C20H24ClN3O5/c1-26-11-5-6-12(17(7-11)27-2)14-9-16(24-23-14)20(25)22-15-10-18(28-3)13(21)8-19(15)29-4/h5-8,10,14,16,23-24H,9H2,1-4H3,(H,22,25). The normalized spacial score (nSPS) is 18.2. The smallest absolute Gasteiger partial charge is 0.243 e. The molecule has 1 fully saturated rings. The maximum atomic E-state index is 12.8. The van der Waals surface area contributed by atoms with Crippen LogP contribution in [-0.2, 0) is 4.79 Å². The van der Waals surface area contributed by atoms with E-state index < -0.39 is 6.04 Å². The molecular formula is C20H24ClN3O5. The largest absolute Gasteiger partial charge is 0.497 e.